The van der Waals surface area contributed by atoms with Crippen LogP contribution >= 0.6 is 23.1 Å². The number of nitrogens with zero attached hydrogens (tertiary/aromatic N) is 4. The van der Waals surface area contributed by atoms with Crippen molar-refractivity contribution in [3.63, 3.8) is 0 Å². The van der Waals surface area contributed by atoms with E-state index in [-0.39, 0.29) is 28.2 Å². The second kappa shape index (κ2) is 9.20. The van der Waals surface area contributed by atoms with Crippen LogP contribution < -0.4 is 16.0 Å². The minimum Gasteiger partial charge on any atom is -0.477 e. The van der Waals surface area contributed by atoms with E-state index < -0.39 is 35.2 Å². The molecule has 1 aromatic carbocycles. The number of aliphatic carboxylic acids is 1. The number of nitrogens with one attached hydrogen (secondary N) is 1. The van der Waals surface area contributed by atoms with Gasteiger partial charge in [-0.25, -0.2) is 9.78 Å². The number of nitroso groups, excluding NO2 is 1. The Kier molecular flexibility index (Phi) is 6.05. The molecule has 3 aliphatic heterocycles. The number of rotatable bonds is 7. The third kappa shape index (κ3) is 3.93. The Morgan fingerprint density at radius 1 is 1.28 bits per heavy atom. The number of hydrogen-bond donors (Lipinski definition) is 3. The highest BCUT2D eigenvalue weighted by Crippen LogP contribution is 2.41. The van der Waals surface area contributed by atoms with E-state index in [1.165, 1.54) is 23.2 Å². The SMILES string of the molecule is Nc1nc(C(N=O)C(=O)N[C@@H]2C(=O)N3C(C(=O)O)=C(C=C4CN(c5ccccc5)C4=O)CS[C@H]23)cs1. The van der Waals surface area contributed by atoms with Gasteiger partial charge in [-0.05, 0) is 29.0 Å². The van der Waals surface area contributed by atoms with E-state index in [4.69, 9.17) is 5.73 Å². The lowest BCUT2D eigenvalue weighted by Crippen LogP contribution is -2.70. The molecule has 12 nitrogen and oxygen atoms in total. The topological polar surface area (TPSA) is 175 Å². The zero-order valence-electron chi connectivity index (χ0n) is 18.4. The van der Waals surface area contributed by atoms with Gasteiger partial charge >= 0.3 is 5.97 Å². The van der Waals surface area contributed by atoms with E-state index in [0.717, 1.165) is 21.9 Å². The maximum absolute atomic E-state index is 12.9. The number of para-hydroxylation sites is 1. The van der Waals surface area contributed by atoms with Crippen molar-refractivity contribution in [1.82, 2.24) is 15.2 Å². The molecule has 184 valence electrons. The molecule has 0 bridgehead atoms. The molecule has 2 saturated heterocycles. The van der Waals surface area contributed by atoms with Crippen LogP contribution in [0.5, 0.6) is 0 Å². The second-order valence-corrected chi connectivity index (χ2v) is 10.1. The van der Waals surface area contributed by atoms with Gasteiger partial charge in [0.1, 0.15) is 17.1 Å². The van der Waals surface area contributed by atoms with E-state index in [1.807, 2.05) is 18.2 Å². The Hall–Kier alpha value is -4.04. The summed E-state index contributed by atoms with van der Waals surface area (Å²) in [6.45, 7) is 0.321. The number of thiazole rings is 1. The molecule has 3 amide bonds. The molecule has 4 N–H and O–H groups in total. The highest BCUT2D eigenvalue weighted by molar-refractivity contribution is 8.00. The first kappa shape index (κ1) is 23.7. The fourth-order valence-corrected chi connectivity index (χ4v) is 6.06. The van der Waals surface area contributed by atoms with Crippen LogP contribution in [0.1, 0.15) is 11.7 Å². The normalized spacial score (nSPS) is 23.1. The van der Waals surface area contributed by atoms with Crippen molar-refractivity contribution in [3.8, 4) is 0 Å². The number of carboxylic acids is 1. The Morgan fingerprint density at radius 2 is 2.03 bits per heavy atom. The number of nitrogens with two attached hydrogens (primary N) is 1. The number of anilines is 2. The number of amides is 3. The fourth-order valence-electron chi connectivity index (χ4n) is 4.17. The van der Waals surface area contributed by atoms with E-state index in [2.05, 4.69) is 15.5 Å². The molecule has 0 aliphatic carbocycles. The van der Waals surface area contributed by atoms with E-state index in [0.29, 0.717) is 17.7 Å². The molecule has 0 spiro atoms. The maximum atomic E-state index is 12.9. The van der Waals surface area contributed by atoms with Crippen molar-refractivity contribution < 1.29 is 24.3 Å². The first-order valence-corrected chi connectivity index (χ1v) is 12.6. The summed E-state index contributed by atoms with van der Waals surface area (Å²) in [4.78, 5) is 68.0. The predicted octanol–water partition coefficient (Wildman–Crippen LogP) is 1.24. The number of carboxylic acid groups (broad SMARTS) is 1. The lowest BCUT2D eigenvalue weighted by Gasteiger charge is -2.49. The van der Waals surface area contributed by atoms with Gasteiger partial charge < -0.3 is 21.1 Å². The minimum atomic E-state index is -1.49. The molecule has 14 heteroatoms. The molecule has 1 aromatic heterocycles. The van der Waals surface area contributed by atoms with Gasteiger partial charge in [0.2, 0.25) is 6.04 Å². The monoisotopic (exact) mass is 526 g/mol. The minimum absolute atomic E-state index is 0.0691. The molecule has 0 saturated carbocycles. The maximum Gasteiger partial charge on any atom is 0.352 e. The molecule has 36 heavy (non-hydrogen) atoms. The van der Waals surface area contributed by atoms with E-state index in [9.17, 15) is 29.2 Å². The summed E-state index contributed by atoms with van der Waals surface area (Å²) < 4.78 is 0. The van der Waals surface area contributed by atoms with Gasteiger partial charge in [0, 0.05) is 22.4 Å². The average Bonchev–Trinajstić information content (AvgIpc) is 3.30. The summed E-state index contributed by atoms with van der Waals surface area (Å²) in [6.07, 6.45) is 1.52. The average molecular weight is 527 g/mol. The van der Waals surface area contributed by atoms with E-state index >= 15 is 0 Å². The zero-order chi connectivity index (χ0) is 25.6. The van der Waals surface area contributed by atoms with E-state index in [1.54, 1.807) is 17.0 Å². The van der Waals surface area contributed by atoms with Gasteiger partial charge in [-0.1, -0.05) is 18.2 Å². The number of β-lactam (4-membered cyclic amide) rings is 2. The number of nitrogen functional groups attached to an aromatic ring is 1. The summed E-state index contributed by atoms with van der Waals surface area (Å²) in [5, 5.41) is 16.0. The van der Waals surface area contributed by atoms with Gasteiger partial charge in [-0.3, -0.25) is 19.3 Å². The van der Waals surface area contributed by atoms with Crippen LogP contribution in [0.3, 0.4) is 0 Å². The number of aromatic nitrogens is 1. The number of fused-ring (bicyclic) bond motifs is 1. The summed E-state index contributed by atoms with van der Waals surface area (Å²) in [5.41, 5.74) is 6.90. The third-order valence-electron chi connectivity index (χ3n) is 5.94. The Labute approximate surface area is 211 Å². The summed E-state index contributed by atoms with van der Waals surface area (Å²) in [5.74, 6) is -2.81. The lowest BCUT2D eigenvalue weighted by atomic mass is 9.98. The van der Waals surface area contributed by atoms with Crippen molar-refractivity contribution in [3.05, 3.63) is 69.2 Å². The van der Waals surface area contributed by atoms with Gasteiger partial charge in [0.05, 0.1) is 12.2 Å². The quantitative estimate of drug-likeness (QED) is 0.272. The molecule has 3 aliphatic rings. The molecule has 2 aromatic rings. The van der Waals surface area contributed by atoms with Crippen LogP contribution in [0.4, 0.5) is 10.8 Å². The number of allylic oxidation sites excluding steroid dienone is 1. The van der Waals surface area contributed by atoms with Gasteiger partial charge in [0.15, 0.2) is 5.13 Å². The Balaban J connectivity index is 1.32. The molecule has 1 unspecified atom stereocenters. The summed E-state index contributed by atoms with van der Waals surface area (Å²) >= 11 is 2.29. The molecular formula is C22H18N6O6S2. The standard InChI is InChI=1S/C22H18N6O6S2/c23-22-24-13(9-36-22)14(26-34)17(29)25-15-19(31)28-16(21(32)33)11(8-35-20(15)28)6-10-7-27(18(10)30)12-4-2-1-3-5-12/h1-6,9,14-15,20H,7-8H2,(H2,23,24)(H,25,29)(H,32,33)/t14?,15-,20-/m1/s1. The van der Waals surface area contributed by atoms with Crippen molar-refractivity contribution in [2.24, 2.45) is 5.18 Å². The highest BCUT2D eigenvalue weighted by atomic mass is 32.2. The first-order chi connectivity index (χ1) is 17.3. The smallest absolute Gasteiger partial charge is 0.352 e. The van der Waals surface area contributed by atoms with Crippen molar-refractivity contribution in [1.29, 1.82) is 0 Å². The molecular weight excluding hydrogens is 508 g/mol. The highest BCUT2D eigenvalue weighted by Gasteiger charge is 2.54. The molecule has 0 radical (unpaired) electrons. The van der Waals surface area contributed by atoms with Gasteiger partial charge in [-0.2, -0.15) is 0 Å². The molecule has 4 heterocycles. The van der Waals surface area contributed by atoms with Crippen LogP contribution in [-0.4, -0.2) is 62.4 Å². The number of benzene rings is 1. The number of hydrogen-bond acceptors (Lipinski definition) is 10. The first-order valence-electron chi connectivity index (χ1n) is 10.6. The summed E-state index contributed by atoms with van der Waals surface area (Å²) in [6, 6.07) is 6.56. The van der Waals surface area contributed by atoms with Crippen molar-refractivity contribution >= 4 is 57.6 Å². The Morgan fingerprint density at radius 3 is 2.64 bits per heavy atom. The van der Waals surface area contributed by atoms with Crippen LogP contribution in [0, 0.1) is 4.91 Å². The summed E-state index contributed by atoms with van der Waals surface area (Å²) in [7, 11) is 0. The Bertz CT molecular complexity index is 1360. The molecule has 3 atom stereocenters. The fraction of sp³-hybridized carbons (Fsp3) is 0.227. The largest absolute Gasteiger partial charge is 0.477 e. The zero-order valence-corrected chi connectivity index (χ0v) is 20.0. The number of carbonyl (C=O) groups excluding carboxylic acids is 3. The van der Waals surface area contributed by atoms with Crippen LogP contribution in [0.2, 0.25) is 0 Å². The van der Waals surface area contributed by atoms with Crippen molar-refractivity contribution in [2.75, 3.05) is 22.9 Å². The lowest BCUT2D eigenvalue weighted by molar-refractivity contribution is -0.150. The predicted molar refractivity (Wildman–Crippen MR) is 132 cm³/mol. The van der Waals surface area contributed by atoms with Gasteiger partial charge in [-0.15, -0.1) is 28.0 Å². The van der Waals surface area contributed by atoms with Crippen LogP contribution in [0.15, 0.2) is 63.8 Å². The van der Waals surface area contributed by atoms with Gasteiger partial charge in [0.25, 0.3) is 17.7 Å². The molecule has 5 rings (SSSR count). The van der Waals surface area contributed by atoms with Crippen molar-refractivity contribution in [2.45, 2.75) is 17.5 Å². The molecule has 2 fully saturated rings. The number of thioether (sulfide) groups is 1. The van der Waals surface area contributed by atoms with Crippen LogP contribution in [-0.2, 0) is 19.2 Å². The third-order valence-corrected chi connectivity index (χ3v) is 7.93. The van der Waals surface area contributed by atoms with Crippen LogP contribution in [0.25, 0.3) is 0 Å². The second-order valence-electron chi connectivity index (χ2n) is 8.09. The number of carbonyl (C=O) groups is 4.